The van der Waals surface area contributed by atoms with E-state index in [1.165, 1.54) is 6.07 Å². The van der Waals surface area contributed by atoms with Crippen molar-refractivity contribution >= 4 is 6.16 Å². The van der Waals surface area contributed by atoms with Gasteiger partial charge in [-0.1, -0.05) is 75.4 Å². The molecule has 5 rings (SSSR count). The van der Waals surface area contributed by atoms with Crippen molar-refractivity contribution in [1.29, 1.82) is 0 Å². The van der Waals surface area contributed by atoms with Crippen molar-refractivity contribution < 1.29 is 19.1 Å². The molecule has 8 heteroatoms. The number of aromatic nitrogens is 2. The van der Waals surface area contributed by atoms with Crippen LogP contribution in [0.1, 0.15) is 39.2 Å². The Bertz CT molecular complexity index is 1450. The first-order chi connectivity index (χ1) is 19.2. The van der Waals surface area contributed by atoms with E-state index in [1.54, 1.807) is 28.1 Å². The van der Waals surface area contributed by atoms with E-state index in [0.717, 1.165) is 35.2 Å². The normalized spacial score (nSPS) is 18.0. The van der Waals surface area contributed by atoms with E-state index in [9.17, 15) is 9.90 Å². The van der Waals surface area contributed by atoms with Gasteiger partial charge in [0.05, 0.1) is 23.6 Å². The molecule has 0 radical (unpaired) electrons. The molecule has 0 bridgehead atoms. The summed E-state index contributed by atoms with van der Waals surface area (Å²) in [4.78, 5) is 16.3. The SMILES string of the molecule is CC(C)(C)C1CC(NCc2cnn(-c3ccc(-c4ccccc4)cc3)c2-c2ccccc2F)CCN1OC(=O)O. The number of nitrogens with zero attached hydrogens (tertiary/aromatic N) is 3. The molecule has 1 aliphatic rings. The minimum Gasteiger partial charge on any atom is -0.448 e. The molecule has 1 fully saturated rings. The van der Waals surface area contributed by atoms with Gasteiger partial charge in [0.25, 0.3) is 0 Å². The molecule has 0 amide bonds. The minimum atomic E-state index is -1.29. The van der Waals surface area contributed by atoms with Gasteiger partial charge in [0.1, 0.15) is 5.82 Å². The molecule has 1 aliphatic heterocycles. The summed E-state index contributed by atoms with van der Waals surface area (Å²) in [5.41, 5.74) is 4.97. The van der Waals surface area contributed by atoms with Crippen molar-refractivity contribution in [3.05, 3.63) is 96.4 Å². The van der Waals surface area contributed by atoms with Crippen molar-refractivity contribution in [3.8, 4) is 28.1 Å². The number of hydroxylamine groups is 2. The van der Waals surface area contributed by atoms with E-state index >= 15 is 4.39 Å². The number of hydrogen-bond acceptors (Lipinski definition) is 5. The Kier molecular flexibility index (Phi) is 8.00. The molecule has 40 heavy (non-hydrogen) atoms. The average molecular weight is 543 g/mol. The van der Waals surface area contributed by atoms with Crippen LogP contribution >= 0.6 is 0 Å². The standard InChI is InChI=1S/C32H35FN4O3/c1-32(2,3)29-19-25(17-18-36(29)40-31(38)39)34-20-24-21-35-37(30(24)27-11-7-8-12-28(27)33)26-15-13-23(14-16-26)22-9-5-4-6-10-22/h4-16,21,25,29,34H,17-20H2,1-3H3,(H,38,39). The maximum Gasteiger partial charge on any atom is 0.525 e. The smallest absolute Gasteiger partial charge is 0.448 e. The van der Waals surface area contributed by atoms with Gasteiger partial charge in [-0.25, -0.2) is 13.9 Å². The van der Waals surface area contributed by atoms with Crippen molar-refractivity contribution in [2.75, 3.05) is 6.54 Å². The van der Waals surface area contributed by atoms with Crippen LogP contribution in [0.3, 0.4) is 0 Å². The zero-order chi connectivity index (χ0) is 28.3. The summed E-state index contributed by atoms with van der Waals surface area (Å²) in [6.45, 7) is 7.25. The molecule has 2 unspecified atom stereocenters. The van der Waals surface area contributed by atoms with E-state index in [4.69, 9.17) is 4.84 Å². The third kappa shape index (κ3) is 6.08. The molecule has 3 aromatic carbocycles. The van der Waals surface area contributed by atoms with Crippen LogP contribution in [0.4, 0.5) is 9.18 Å². The van der Waals surface area contributed by atoms with Gasteiger partial charge >= 0.3 is 6.16 Å². The topological polar surface area (TPSA) is 79.6 Å². The third-order valence-electron chi connectivity index (χ3n) is 7.52. The summed E-state index contributed by atoms with van der Waals surface area (Å²) in [6, 6.07) is 25.1. The number of carbonyl (C=O) groups is 1. The monoisotopic (exact) mass is 542 g/mol. The first kappa shape index (κ1) is 27.6. The molecule has 2 N–H and O–H groups in total. The number of halogens is 1. The highest BCUT2D eigenvalue weighted by Crippen LogP contribution is 2.34. The molecule has 2 atom stereocenters. The average Bonchev–Trinajstić information content (AvgIpc) is 3.36. The van der Waals surface area contributed by atoms with Crippen LogP contribution in [-0.2, 0) is 11.4 Å². The maximum absolute atomic E-state index is 15.1. The lowest BCUT2D eigenvalue weighted by Gasteiger charge is -2.43. The Morgan fingerprint density at radius 2 is 1.70 bits per heavy atom. The summed E-state index contributed by atoms with van der Waals surface area (Å²) in [5, 5.41) is 19.1. The highest BCUT2D eigenvalue weighted by Gasteiger charge is 2.38. The summed E-state index contributed by atoms with van der Waals surface area (Å²) in [6.07, 6.45) is 1.95. The van der Waals surface area contributed by atoms with Gasteiger partial charge in [-0.15, -0.1) is 5.06 Å². The fourth-order valence-electron chi connectivity index (χ4n) is 5.45. The molecule has 2 heterocycles. The fraction of sp³-hybridized carbons (Fsp3) is 0.312. The van der Waals surface area contributed by atoms with E-state index in [0.29, 0.717) is 24.3 Å². The molecule has 4 aromatic rings. The van der Waals surface area contributed by atoms with Crippen LogP contribution in [0.5, 0.6) is 0 Å². The van der Waals surface area contributed by atoms with Crippen LogP contribution < -0.4 is 5.32 Å². The molecule has 0 saturated carbocycles. The molecular formula is C32H35FN4O3. The van der Waals surface area contributed by atoms with Crippen molar-refractivity contribution in [3.63, 3.8) is 0 Å². The number of benzene rings is 3. The van der Waals surface area contributed by atoms with E-state index in [-0.39, 0.29) is 23.3 Å². The second-order valence-electron chi connectivity index (χ2n) is 11.3. The minimum absolute atomic E-state index is 0.0771. The zero-order valence-corrected chi connectivity index (χ0v) is 23.0. The molecule has 208 valence electrons. The van der Waals surface area contributed by atoms with E-state index in [1.807, 2.05) is 36.4 Å². The predicted molar refractivity (Wildman–Crippen MR) is 153 cm³/mol. The lowest BCUT2D eigenvalue weighted by Crippen LogP contribution is -2.53. The Balaban J connectivity index is 1.40. The van der Waals surface area contributed by atoms with Gasteiger partial charge in [0, 0.05) is 30.3 Å². The summed E-state index contributed by atoms with van der Waals surface area (Å²) in [7, 11) is 0. The highest BCUT2D eigenvalue weighted by molar-refractivity contribution is 5.68. The maximum atomic E-state index is 15.1. The van der Waals surface area contributed by atoms with E-state index < -0.39 is 6.16 Å². The van der Waals surface area contributed by atoms with Crippen LogP contribution in [0.15, 0.2) is 85.1 Å². The quantitative estimate of drug-likeness (QED) is 0.264. The molecule has 1 aromatic heterocycles. The predicted octanol–water partition coefficient (Wildman–Crippen LogP) is 6.92. The summed E-state index contributed by atoms with van der Waals surface area (Å²) < 4.78 is 16.9. The zero-order valence-electron chi connectivity index (χ0n) is 23.0. The van der Waals surface area contributed by atoms with Crippen LogP contribution in [-0.4, -0.2) is 44.7 Å². The lowest BCUT2D eigenvalue weighted by molar-refractivity contribution is -0.186. The van der Waals surface area contributed by atoms with Crippen molar-refractivity contribution in [1.82, 2.24) is 20.2 Å². The lowest BCUT2D eigenvalue weighted by atomic mass is 9.80. The molecule has 0 aliphatic carbocycles. The second kappa shape index (κ2) is 11.6. The number of piperidine rings is 1. The van der Waals surface area contributed by atoms with Gasteiger partial charge in [0.15, 0.2) is 0 Å². The first-order valence-electron chi connectivity index (χ1n) is 13.6. The first-order valence-corrected chi connectivity index (χ1v) is 13.6. The molecule has 1 saturated heterocycles. The highest BCUT2D eigenvalue weighted by atomic mass is 19.1. The Morgan fingerprint density at radius 1 is 1.02 bits per heavy atom. The largest absolute Gasteiger partial charge is 0.525 e. The van der Waals surface area contributed by atoms with Gasteiger partial charge in [-0.3, -0.25) is 0 Å². The Morgan fingerprint density at radius 3 is 2.38 bits per heavy atom. The number of hydrogen-bond donors (Lipinski definition) is 2. The van der Waals surface area contributed by atoms with Gasteiger partial charge < -0.3 is 15.3 Å². The summed E-state index contributed by atoms with van der Waals surface area (Å²) in [5.74, 6) is -0.307. The number of nitrogens with one attached hydrogen (secondary N) is 1. The Hall–Kier alpha value is -4.01. The van der Waals surface area contributed by atoms with Gasteiger partial charge in [-0.05, 0) is 53.6 Å². The van der Waals surface area contributed by atoms with Crippen molar-refractivity contribution in [2.45, 2.75) is 52.2 Å². The molecule has 0 spiro atoms. The molecule has 7 nitrogen and oxygen atoms in total. The number of carboxylic acid groups (broad SMARTS) is 1. The Labute approximate surface area is 234 Å². The second-order valence-corrected chi connectivity index (χ2v) is 11.3. The number of rotatable bonds is 7. The third-order valence-corrected chi connectivity index (χ3v) is 7.52. The van der Waals surface area contributed by atoms with Crippen LogP contribution in [0.2, 0.25) is 0 Å². The van der Waals surface area contributed by atoms with Crippen molar-refractivity contribution in [2.24, 2.45) is 5.41 Å². The van der Waals surface area contributed by atoms with Gasteiger partial charge in [-0.2, -0.15) is 5.10 Å². The van der Waals surface area contributed by atoms with Gasteiger partial charge in [0.2, 0.25) is 0 Å². The van der Waals surface area contributed by atoms with Crippen LogP contribution in [0.25, 0.3) is 28.1 Å². The molecular weight excluding hydrogens is 507 g/mol. The summed E-state index contributed by atoms with van der Waals surface area (Å²) >= 11 is 0. The van der Waals surface area contributed by atoms with E-state index in [2.05, 4.69) is 55.5 Å². The van der Waals surface area contributed by atoms with Crippen LogP contribution in [0, 0.1) is 11.2 Å². The fourth-order valence-corrected chi connectivity index (χ4v) is 5.45.